The third-order valence-corrected chi connectivity index (χ3v) is 3.88. The van der Waals surface area contributed by atoms with Crippen LogP contribution in [0.2, 0.25) is 0 Å². The Morgan fingerprint density at radius 1 is 1.37 bits per heavy atom. The molecule has 1 amide bonds. The molecule has 104 valence electrons. The number of piperazine rings is 1. The van der Waals surface area contributed by atoms with E-state index < -0.39 is 0 Å². The Morgan fingerprint density at radius 3 is 2.58 bits per heavy atom. The number of hydrogen-bond acceptors (Lipinski definition) is 3. The Balaban J connectivity index is 1.96. The highest BCUT2D eigenvalue weighted by molar-refractivity contribution is 5.79. The maximum Gasteiger partial charge on any atom is 0.277 e. The number of phenolic OH excluding ortho intramolecular Hbond substituents is 1. The quantitative estimate of drug-likeness (QED) is 0.672. The van der Waals surface area contributed by atoms with Crippen LogP contribution in [0.25, 0.3) is 0 Å². The van der Waals surface area contributed by atoms with Crippen molar-refractivity contribution in [3.63, 3.8) is 0 Å². The molecule has 2 rings (SSSR count). The van der Waals surface area contributed by atoms with Gasteiger partial charge in [-0.05, 0) is 19.1 Å². The highest BCUT2D eigenvalue weighted by atomic mass is 16.3. The van der Waals surface area contributed by atoms with Gasteiger partial charge in [0.2, 0.25) is 0 Å². The standard InChI is InChI=1S/C14H21N3O2/c1-11(14(19)15-2)16-7-9-17(10-8-16)12-5-3-4-6-13(12)18/h3-6,11,18H,7-10H2,1-2H3,(H,15,19)/p+1/t11-/m1/s1. The third-order valence-electron chi connectivity index (χ3n) is 3.88. The number of rotatable bonds is 3. The summed E-state index contributed by atoms with van der Waals surface area (Å²) < 4.78 is 0. The largest absolute Gasteiger partial charge is 0.506 e. The van der Waals surface area contributed by atoms with Gasteiger partial charge in [-0.2, -0.15) is 0 Å². The first kappa shape index (κ1) is 13.7. The van der Waals surface area contributed by atoms with Crippen LogP contribution < -0.4 is 15.1 Å². The van der Waals surface area contributed by atoms with E-state index in [0.29, 0.717) is 5.75 Å². The maximum absolute atomic E-state index is 11.6. The Bertz CT molecular complexity index is 442. The van der Waals surface area contributed by atoms with Crippen molar-refractivity contribution >= 4 is 11.6 Å². The van der Waals surface area contributed by atoms with E-state index in [2.05, 4.69) is 10.2 Å². The van der Waals surface area contributed by atoms with E-state index in [1.807, 2.05) is 25.1 Å². The van der Waals surface area contributed by atoms with Crippen LogP contribution in [-0.2, 0) is 4.79 Å². The van der Waals surface area contributed by atoms with Crippen molar-refractivity contribution < 1.29 is 14.8 Å². The van der Waals surface area contributed by atoms with Crippen molar-refractivity contribution in [2.45, 2.75) is 13.0 Å². The van der Waals surface area contributed by atoms with E-state index in [4.69, 9.17) is 0 Å². The monoisotopic (exact) mass is 264 g/mol. The molecule has 0 bridgehead atoms. The predicted octanol–water partition coefficient (Wildman–Crippen LogP) is -0.768. The number of anilines is 1. The number of likely N-dealkylation sites (N-methyl/N-ethyl adjacent to an activating group) is 1. The minimum Gasteiger partial charge on any atom is -0.506 e. The summed E-state index contributed by atoms with van der Waals surface area (Å²) in [5, 5.41) is 12.6. The summed E-state index contributed by atoms with van der Waals surface area (Å²) >= 11 is 0. The van der Waals surface area contributed by atoms with E-state index in [0.717, 1.165) is 31.9 Å². The van der Waals surface area contributed by atoms with Gasteiger partial charge in [0, 0.05) is 7.05 Å². The second-order valence-electron chi connectivity index (χ2n) is 4.97. The van der Waals surface area contributed by atoms with Crippen molar-refractivity contribution in [3.05, 3.63) is 24.3 Å². The van der Waals surface area contributed by atoms with E-state index in [-0.39, 0.29) is 11.9 Å². The van der Waals surface area contributed by atoms with Gasteiger partial charge in [0.1, 0.15) is 5.75 Å². The van der Waals surface area contributed by atoms with E-state index in [1.165, 1.54) is 4.90 Å². The van der Waals surface area contributed by atoms with Crippen molar-refractivity contribution in [3.8, 4) is 5.75 Å². The van der Waals surface area contributed by atoms with Crippen LogP contribution in [-0.4, -0.2) is 50.3 Å². The molecule has 0 aromatic heterocycles. The van der Waals surface area contributed by atoms with Gasteiger partial charge in [0.15, 0.2) is 6.04 Å². The number of para-hydroxylation sites is 2. The molecule has 5 heteroatoms. The zero-order chi connectivity index (χ0) is 13.8. The molecule has 0 spiro atoms. The molecule has 1 saturated heterocycles. The maximum atomic E-state index is 11.6. The predicted molar refractivity (Wildman–Crippen MR) is 74.5 cm³/mol. The molecule has 1 aliphatic heterocycles. The molecular formula is C14H22N3O2+. The summed E-state index contributed by atoms with van der Waals surface area (Å²) in [5.41, 5.74) is 0.883. The highest BCUT2D eigenvalue weighted by Gasteiger charge is 2.29. The van der Waals surface area contributed by atoms with Gasteiger partial charge in [-0.15, -0.1) is 0 Å². The molecule has 3 N–H and O–H groups in total. The second-order valence-corrected chi connectivity index (χ2v) is 4.97. The number of phenols is 1. The number of hydrogen-bond donors (Lipinski definition) is 3. The van der Waals surface area contributed by atoms with Gasteiger partial charge in [-0.3, -0.25) is 4.79 Å². The Hall–Kier alpha value is -1.75. The van der Waals surface area contributed by atoms with Crippen LogP contribution in [0.5, 0.6) is 5.75 Å². The number of carbonyl (C=O) groups is 1. The average molecular weight is 264 g/mol. The molecule has 5 nitrogen and oxygen atoms in total. The minimum atomic E-state index is -0.0171. The first-order valence-corrected chi connectivity index (χ1v) is 6.72. The van der Waals surface area contributed by atoms with Crippen LogP contribution >= 0.6 is 0 Å². The van der Waals surface area contributed by atoms with Crippen molar-refractivity contribution in [2.75, 3.05) is 38.1 Å². The lowest BCUT2D eigenvalue weighted by Crippen LogP contribution is -3.19. The van der Waals surface area contributed by atoms with Gasteiger partial charge >= 0.3 is 0 Å². The molecule has 0 radical (unpaired) electrons. The molecular weight excluding hydrogens is 242 g/mol. The van der Waals surface area contributed by atoms with Gasteiger partial charge in [0.25, 0.3) is 5.91 Å². The lowest BCUT2D eigenvalue weighted by atomic mass is 10.2. The molecule has 19 heavy (non-hydrogen) atoms. The first-order chi connectivity index (χ1) is 9.13. The SMILES string of the molecule is CNC(=O)[C@@H](C)[NH+]1CCN(c2ccccc2O)CC1. The molecule has 1 heterocycles. The summed E-state index contributed by atoms with van der Waals surface area (Å²) in [6, 6.07) is 7.39. The van der Waals surface area contributed by atoms with Crippen molar-refractivity contribution in [2.24, 2.45) is 0 Å². The van der Waals surface area contributed by atoms with E-state index in [9.17, 15) is 9.90 Å². The lowest BCUT2D eigenvalue weighted by Gasteiger charge is -2.36. The minimum absolute atomic E-state index is 0.0171. The Kier molecular flexibility index (Phi) is 4.27. The number of quaternary nitrogens is 1. The van der Waals surface area contributed by atoms with Crippen molar-refractivity contribution in [1.82, 2.24) is 5.32 Å². The smallest absolute Gasteiger partial charge is 0.277 e. The second kappa shape index (κ2) is 5.93. The Labute approximate surface area is 113 Å². The van der Waals surface area contributed by atoms with Crippen LogP contribution in [0.3, 0.4) is 0 Å². The fourth-order valence-corrected chi connectivity index (χ4v) is 2.60. The van der Waals surface area contributed by atoms with Crippen LogP contribution in [0.1, 0.15) is 6.92 Å². The summed E-state index contributed by atoms with van der Waals surface area (Å²) in [6.45, 7) is 5.48. The number of amides is 1. The number of benzene rings is 1. The molecule has 0 unspecified atom stereocenters. The average Bonchev–Trinajstić information content (AvgIpc) is 2.46. The van der Waals surface area contributed by atoms with Crippen molar-refractivity contribution in [1.29, 1.82) is 0 Å². The van der Waals surface area contributed by atoms with Crippen LogP contribution in [0, 0.1) is 0 Å². The summed E-state index contributed by atoms with van der Waals surface area (Å²) in [5.74, 6) is 0.413. The van der Waals surface area contributed by atoms with E-state index >= 15 is 0 Å². The van der Waals surface area contributed by atoms with Gasteiger partial charge in [-0.1, -0.05) is 12.1 Å². The summed E-state index contributed by atoms with van der Waals surface area (Å²) in [6.07, 6.45) is 0. The molecule has 1 aromatic carbocycles. The van der Waals surface area contributed by atoms with Crippen LogP contribution in [0.4, 0.5) is 5.69 Å². The topological polar surface area (TPSA) is 57.0 Å². The zero-order valence-corrected chi connectivity index (χ0v) is 11.5. The molecule has 0 aliphatic carbocycles. The van der Waals surface area contributed by atoms with Gasteiger partial charge in [0.05, 0.1) is 31.9 Å². The summed E-state index contributed by atoms with van der Waals surface area (Å²) in [4.78, 5) is 15.1. The van der Waals surface area contributed by atoms with Crippen LogP contribution in [0.15, 0.2) is 24.3 Å². The normalized spacial score (nSPS) is 18.1. The fraction of sp³-hybridized carbons (Fsp3) is 0.500. The fourth-order valence-electron chi connectivity index (χ4n) is 2.60. The number of nitrogens with zero attached hydrogens (tertiary/aromatic N) is 1. The molecule has 0 saturated carbocycles. The lowest BCUT2D eigenvalue weighted by molar-refractivity contribution is -0.914. The highest BCUT2D eigenvalue weighted by Crippen LogP contribution is 2.25. The number of aromatic hydroxyl groups is 1. The van der Waals surface area contributed by atoms with Gasteiger partial charge in [-0.25, -0.2) is 0 Å². The number of nitrogens with one attached hydrogen (secondary N) is 2. The Morgan fingerprint density at radius 2 is 2.00 bits per heavy atom. The third kappa shape index (κ3) is 2.98. The molecule has 1 aromatic rings. The zero-order valence-electron chi connectivity index (χ0n) is 11.5. The summed E-state index contributed by atoms with van der Waals surface area (Å²) in [7, 11) is 1.68. The van der Waals surface area contributed by atoms with E-state index in [1.54, 1.807) is 13.1 Å². The number of carbonyl (C=O) groups excluding carboxylic acids is 1. The molecule has 1 aliphatic rings. The van der Waals surface area contributed by atoms with Gasteiger partial charge < -0.3 is 20.2 Å². The molecule has 1 atom stereocenters. The molecule has 1 fully saturated rings. The first-order valence-electron chi connectivity index (χ1n) is 6.72.